The molecule has 3 aromatic rings. The number of nitrogens with zero attached hydrogens (tertiary/aromatic N) is 2. The summed E-state index contributed by atoms with van der Waals surface area (Å²) in [5.41, 5.74) is 6.71. The summed E-state index contributed by atoms with van der Waals surface area (Å²) in [4.78, 5) is 16.1. The van der Waals surface area contributed by atoms with E-state index in [-0.39, 0.29) is 18.0 Å². The molecule has 1 aliphatic carbocycles. The van der Waals surface area contributed by atoms with Gasteiger partial charge in [-0.25, -0.2) is 18.6 Å². The maximum Gasteiger partial charge on any atom is 0.326 e. The number of alkyl halides is 2. The SMILES string of the molecule is CC1(c2cc(NC(=O)Nc3ccc(-c4ccc(N)nc4)cc3)on2)CC1(F)F. The fourth-order valence-electron chi connectivity index (χ4n) is 2.87. The van der Waals surface area contributed by atoms with Crippen molar-refractivity contribution in [2.24, 2.45) is 0 Å². The first-order valence-corrected chi connectivity index (χ1v) is 8.52. The quantitative estimate of drug-likeness (QED) is 0.622. The lowest BCUT2D eigenvalue weighted by Gasteiger charge is -2.07. The zero-order valence-corrected chi connectivity index (χ0v) is 14.9. The largest absolute Gasteiger partial charge is 0.384 e. The van der Waals surface area contributed by atoms with Crippen LogP contribution < -0.4 is 16.4 Å². The van der Waals surface area contributed by atoms with Crippen LogP contribution in [0.1, 0.15) is 19.0 Å². The molecule has 0 saturated heterocycles. The number of carbonyl (C=O) groups excluding carboxylic acids is 1. The van der Waals surface area contributed by atoms with Crippen LogP contribution in [-0.2, 0) is 5.41 Å². The molecule has 4 rings (SSSR count). The van der Waals surface area contributed by atoms with Crippen LogP contribution in [-0.4, -0.2) is 22.1 Å². The van der Waals surface area contributed by atoms with Gasteiger partial charge in [0.2, 0.25) is 5.88 Å². The van der Waals surface area contributed by atoms with Gasteiger partial charge in [-0.05, 0) is 36.8 Å². The van der Waals surface area contributed by atoms with Gasteiger partial charge >= 0.3 is 6.03 Å². The number of hydrogen-bond acceptors (Lipinski definition) is 5. The minimum atomic E-state index is -2.80. The topological polar surface area (TPSA) is 106 Å². The summed E-state index contributed by atoms with van der Waals surface area (Å²) >= 11 is 0. The van der Waals surface area contributed by atoms with Crippen LogP contribution >= 0.6 is 0 Å². The fourth-order valence-corrected chi connectivity index (χ4v) is 2.87. The molecule has 1 atom stereocenters. The van der Waals surface area contributed by atoms with Crippen LogP contribution in [0.5, 0.6) is 0 Å². The Balaban J connectivity index is 1.38. The lowest BCUT2D eigenvalue weighted by Crippen LogP contribution is -2.19. The van der Waals surface area contributed by atoms with Crippen LogP contribution in [0.3, 0.4) is 0 Å². The van der Waals surface area contributed by atoms with E-state index in [1.54, 1.807) is 24.4 Å². The second-order valence-corrected chi connectivity index (χ2v) is 6.92. The van der Waals surface area contributed by atoms with Crippen LogP contribution in [0.15, 0.2) is 53.2 Å². The van der Waals surface area contributed by atoms with E-state index in [1.165, 1.54) is 13.0 Å². The van der Waals surface area contributed by atoms with Gasteiger partial charge in [-0.15, -0.1) is 0 Å². The van der Waals surface area contributed by atoms with Crippen LogP contribution in [0.25, 0.3) is 11.1 Å². The molecule has 7 nitrogen and oxygen atoms in total. The van der Waals surface area contributed by atoms with Gasteiger partial charge in [-0.3, -0.25) is 5.32 Å². The van der Waals surface area contributed by atoms with Crippen molar-refractivity contribution in [3.05, 3.63) is 54.4 Å². The maximum absolute atomic E-state index is 13.4. The number of amides is 2. The first kappa shape index (κ1) is 17.9. The molecule has 1 aromatic carbocycles. The summed E-state index contributed by atoms with van der Waals surface area (Å²) in [7, 11) is 0. The molecule has 0 radical (unpaired) electrons. The summed E-state index contributed by atoms with van der Waals surface area (Å²) in [5.74, 6) is -2.36. The first-order chi connectivity index (χ1) is 13.3. The highest BCUT2D eigenvalue weighted by molar-refractivity contribution is 5.99. The van der Waals surface area contributed by atoms with Crippen molar-refractivity contribution in [3.8, 4) is 11.1 Å². The van der Waals surface area contributed by atoms with Crippen molar-refractivity contribution in [1.82, 2.24) is 10.1 Å². The zero-order chi connectivity index (χ0) is 19.9. The lowest BCUT2D eigenvalue weighted by atomic mass is 10.1. The molecule has 0 spiro atoms. The van der Waals surface area contributed by atoms with Gasteiger partial charge in [0.25, 0.3) is 5.92 Å². The van der Waals surface area contributed by atoms with Crippen LogP contribution in [0, 0.1) is 0 Å². The standard InChI is InChI=1S/C19H17F2N5O2/c1-18(10-19(18,20)21)14-8-16(28-26-14)25-17(27)24-13-5-2-11(3-6-13)12-4-7-15(22)23-9-12/h2-9H,10H2,1H3,(H2,22,23)(H2,24,25,27). The van der Waals surface area contributed by atoms with E-state index in [0.717, 1.165) is 11.1 Å². The summed E-state index contributed by atoms with van der Waals surface area (Å²) < 4.78 is 31.8. The Morgan fingerprint density at radius 1 is 1.14 bits per heavy atom. The number of rotatable bonds is 4. The normalized spacial score (nSPS) is 19.8. The van der Waals surface area contributed by atoms with E-state index in [9.17, 15) is 13.6 Å². The Bertz CT molecular complexity index is 1020. The average molecular weight is 385 g/mol. The third kappa shape index (κ3) is 3.26. The van der Waals surface area contributed by atoms with Crippen molar-refractivity contribution in [2.45, 2.75) is 24.7 Å². The van der Waals surface area contributed by atoms with Crippen molar-refractivity contribution < 1.29 is 18.1 Å². The summed E-state index contributed by atoms with van der Waals surface area (Å²) in [6.07, 6.45) is 1.38. The molecule has 1 saturated carbocycles. The third-order valence-corrected chi connectivity index (χ3v) is 4.83. The average Bonchev–Trinajstić information content (AvgIpc) is 2.96. The van der Waals surface area contributed by atoms with Gasteiger partial charge in [0.15, 0.2) is 0 Å². The minimum absolute atomic E-state index is 0.000920. The molecule has 2 aromatic heterocycles. The molecule has 2 amide bonds. The van der Waals surface area contributed by atoms with E-state index in [4.69, 9.17) is 10.3 Å². The van der Waals surface area contributed by atoms with E-state index < -0.39 is 17.4 Å². The maximum atomic E-state index is 13.4. The Morgan fingerprint density at radius 2 is 1.82 bits per heavy atom. The number of pyridine rings is 1. The first-order valence-electron chi connectivity index (χ1n) is 8.52. The molecular formula is C19H17F2N5O2. The molecule has 1 aliphatic rings. The molecular weight excluding hydrogens is 368 g/mol. The molecule has 9 heteroatoms. The number of halogens is 2. The molecule has 144 valence electrons. The monoisotopic (exact) mass is 385 g/mol. The predicted molar refractivity (Wildman–Crippen MR) is 100 cm³/mol. The van der Waals surface area contributed by atoms with Gasteiger partial charge in [0.05, 0.1) is 11.1 Å². The van der Waals surface area contributed by atoms with Crippen LogP contribution in [0.2, 0.25) is 0 Å². The van der Waals surface area contributed by atoms with Gasteiger partial charge in [0.1, 0.15) is 5.82 Å². The Hall–Kier alpha value is -3.49. The number of nitrogens with one attached hydrogen (secondary N) is 2. The summed E-state index contributed by atoms with van der Waals surface area (Å²) in [5, 5.41) is 8.72. The third-order valence-electron chi connectivity index (χ3n) is 4.83. The Kier molecular flexibility index (Phi) is 4.02. The van der Waals surface area contributed by atoms with Gasteiger partial charge < -0.3 is 15.6 Å². The predicted octanol–water partition coefficient (Wildman–Crippen LogP) is 4.26. The van der Waals surface area contributed by atoms with Gasteiger partial charge in [0, 0.05) is 29.9 Å². The second kappa shape index (κ2) is 6.29. The molecule has 28 heavy (non-hydrogen) atoms. The number of aromatic nitrogens is 2. The van der Waals surface area contributed by atoms with Crippen molar-refractivity contribution in [2.75, 3.05) is 16.4 Å². The number of benzene rings is 1. The Morgan fingerprint density at radius 3 is 2.43 bits per heavy atom. The Labute approximate surface area is 158 Å². The van der Waals surface area contributed by atoms with E-state index in [1.807, 2.05) is 18.2 Å². The molecule has 0 bridgehead atoms. The number of urea groups is 1. The highest BCUT2D eigenvalue weighted by Crippen LogP contribution is 2.61. The van der Waals surface area contributed by atoms with Crippen molar-refractivity contribution in [1.29, 1.82) is 0 Å². The lowest BCUT2D eigenvalue weighted by molar-refractivity contribution is 0.0902. The number of anilines is 3. The number of carbonyl (C=O) groups is 1. The minimum Gasteiger partial charge on any atom is -0.384 e. The van der Waals surface area contributed by atoms with E-state index in [0.29, 0.717) is 11.5 Å². The van der Waals surface area contributed by atoms with Crippen molar-refractivity contribution >= 4 is 23.4 Å². The number of nitrogen functional groups attached to an aromatic ring is 1. The molecule has 1 unspecified atom stereocenters. The highest BCUT2D eigenvalue weighted by atomic mass is 19.3. The van der Waals surface area contributed by atoms with Gasteiger partial charge in [-0.1, -0.05) is 17.3 Å². The van der Waals surface area contributed by atoms with Crippen molar-refractivity contribution in [3.63, 3.8) is 0 Å². The number of hydrogen-bond donors (Lipinski definition) is 3. The smallest absolute Gasteiger partial charge is 0.326 e. The highest BCUT2D eigenvalue weighted by Gasteiger charge is 2.70. The van der Waals surface area contributed by atoms with Gasteiger partial charge in [-0.2, -0.15) is 0 Å². The zero-order valence-electron chi connectivity index (χ0n) is 14.9. The van der Waals surface area contributed by atoms with E-state index in [2.05, 4.69) is 20.8 Å². The number of nitrogens with two attached hydrogens (primary N) is 1. The summed E-state index contributed by atoms with van der Waals surface area (Å²) in [6.45, 7) is 1.41. The molecule has 2 heterocycles. The fraction of sp³-hybridized carbons (Fsp3) is 0.211. The molecule has 4 N–H and O–H groups in total. The van der Waals surface area contributed by atoms with Crippen LogP contribution in [0.4, 0.5) is 31.0 Å². The molecule has 0 aliphatic heterocycles. The molecule has 1 fully saturated rings. The summed E-state index contributed by atoms with van der Waals surface area (Å²) in [6, 6.07) is 11.4. The second-order valence-electron chi connectivity index (χ2n) is 6.92. The van der Waals surface area contributed by atoms with E-state index >= 15 is 0 Å².